The number of amides is 2. The number of carbonyl (C=O) groups excluding carboxylic acids is 2. The number of nitro groups is 1. The lowest BCUT2D eigenvalue weighted by Gasteiger charge is -2.32. The Bertz CT molecular complexity index is 1600. The summed E-state index contributed by atoms with van der Waals surface area (Å²) in [4.78, 5) is 43.1. The van der Waals surface area contributed by atoms with Gasteiger partial charge in [-0.3, -0.25) is 24.6 Å². The number of hydrogen-bond donors (Lipinski definition) is 2. The average Bonchev–Trinajstić information content (AvgIpc) is 3.59. The molecule has 2 N–H and O–H groups in total. The van der Waals surface area contributed by atoms with E-state index >= 15 is 0 Å². The molecule has 216 valence electrons. The predicted molar refractivity (Wildman–Crippen MR) is 159 cm³/mol. The van der Waals surface area contributed by atoms with Crippen molar-refractivity contribution in [2.75, 3.05) is 69.1 Å². The average molecular weight is 571 g/mol. The molecule has 3 aromatic carbocycles. The Hall–Kier alpha value is -4.94. The van der Waals surface area contributed by atoms with Gasteiger partial charge in [0.15, 0.2) is 11.5 Å². The lowest BCUT2D eigenvalue weighted by atomic mass is 9.99. The van der Waals surface area contributed by atoms with Crippen molar-refractivity contribution in [2.45, 2.75) is 0 Å². The van der Waals surface area contributed by atoms with Gasteiger partial charge < -0.3 is 29.9 Å². The number of nitro benzene ring substituents is 1. The van der Waals surface area contributed by atoms with Crippen LogP contribution in [-0.2, 0) is 9.59 Å². The summed E-state index contributed by atoms with van der Waals surface area (Å²) in [6, 6.07) is 17.0. The Morgan fingerprint density at radius 2 is 1.76 bits per heavy atom. The van der Waals surface area contributed by atoms with Gasteiger partial charge in [-0.05, 0) is 55.6 Å². The third-order valence-electron chi connectivity index (χ3n) is 7.72. The minimum atomic E-state index is -0.500. The van der Waals surface area contributed by atoms with Gasteiger partial charge in [0.2, 0.25) is 12.7 Å². The van der Waals surface area contributed by atoms with Crippen LogP contribution in [0.3, 0.4) is 0 Å². The summed E-state index contributed by atoms with van der Waals surface area (Å²) in [6.45, 7) is 4.07. The van der Waals surface area contributed by atoms with Crippen LogP contribution in [0, 0.1) is 10.1 Å². The number of nitrogens with zero attached hydrogens (tertiary/aromatic N) is 4. The monoisotopic (exact) mass is 570 g/mol. The molecule has 1 fully saturated rings. The quantitative estimate of drug-likeness (QED) is 0.249. The first-order valence-corrected chi connectivity index (χ1v) is 13.6. The Morgan fingerprint density at radius 3 is 2.50 bits per heavy atom. The van der Waals surface area contributed by atoms with Crippen molar-refractivity contribution < 1.29 is 24.0 Å². The fraction of sp³-hybridized carbons (Fsp3) is 0.267. The van der Waals surface area contributed by atoms with E-state index in [9.17, 15) is 19.7 Å². The van der Waals surface area contributed by atoms with Gasteiger partial charge in [-0.1, -0.05) is 0 Å². The molecular weight excluding hydrogens is 540 g/mol. The van der Waals surface area contributed by atoms with E-state index in [1.807, 2.05) is 30.3 Å². The van der Waals surface area contributed by atoms with Crippen molar-refractivity contribution in [3.05, 3.63) is 81.9 Å². The highest BCUT2D eigenvalue weighted by molar-refractivity contribution is 6.37. The van der Waals surface area contributed by atoms with Crippen molar-refractivity contribution in [3.8, 4) is 11.5 Å². The summed E-state index contributed by atoms with van der Waals surface area (Å²) in [5, 5.41) is 17.4. The number of piperazine rings is 1. The number of benzene rings is 3. The number of carbonyl (C=O) groups is 2. The van der Waals surface area contributed by atoms with Gasteiger partial charge in [0.05, 0.1) is 28.4 Å². The van der Waals surface area contributed by atoms with Crippen molar-refractivity contribution in [1.29, 1.82) is 0 Å². The zero-order valence-corrected chi connectivity index (χ0v) is 23.3. The standard InChI is InChI=1S/C30H30N6O6/c1-33-11-13-35(14-12-33)17-27(37)34(2)21-6-4-20(5-7-21)31-29(19-3-10-25-26(15-19)42-18-41-25)28-23-9-8-22(36(39)40)16-24(23)32-30(28)38/h3-10,15-16,31H,11-14,17-18H2,1-2H3,(H,32,38). The first kappa shape index (κ1) is 27.2. The highest BCUT2D eigenvalue weighted by Gasteiger charge is 2.31. The number of nitrogens with one attached hydrogen (secondary N) is 2. The molecule has 3 aliphatic rings. The minimum absolute atomic E-state index is 0.0109. The van der Waals surface area contributed by atoms with Crippen LogP contribution >= 0.6 is 0 Å². The largest absolute Gasteiger partial charge is 0.454 e. The fourth-order valence-corrected chi connectivity index (χ4v) is 5.21. The van der Waals surface area contributed by atoms with Crippen LogP contribution in [0.25, 0.3) is 11.3 Å². The van der Waals surface area contributed by atoms with Crippen LogP contribution in [0.1, 0.15) is 11.1 Å². The molecule has 42 heavy (non-hydrogen) atoms. The van der Waals surface area contributed by atoms with Gasteiger partial charge in [0.1, 0.15) is 0 Å². The Kier molecular flexibility index (Phi) is 7.23. The van der Waals surface area contributed by atoms with Crippen LogP contribution in [0.15, 0.2) is 60.7 Å². The van der Waals surface area contributed by atoms with Crippen LogP contribution in [0.2, 0.25) is 0 Å². The lowest BCUT2D eigenvalue weighted by Crippen LogP contribution is -2.48. The van der Waals surface area contributed by atoms with Gasteiger partial charge in [-0.25, -0.2) is 0 Å². The van der Waals surface area contributed by atoms with E-state index < -0.39 is 10.8 Å². The molecule has 2 amide bonds. The smallest absolute Gasteiger partial charge is 0.271 e. The lowest BCUT2D eigenvalue weighted by molar-refractivity contribution is -0.384. The highest BCUT2D eigenvalue weighted by atomic mass is 16.7. The highest BCUT2D eigenvalue weighted by Crippen LogP contribution is 2.41. The van der Waals surface area contributed by atoms with Gasteiger partial charge >= 0.3 is 0 Å². The van der Waals surface area contributed by atoms with Crippen molar-refractivity contribution >= 4 is 45.8 Å². The summed E-state index contributed by atoms with van der Waals surface area (Å²) in [6.07, 6.45) is 0. The molecule has 12 heteroatoms. The maximum Gasteiger partial charge on any atom is 0.271 e. The minimum Gasteiger partial charge on any atom is -0.454 e. The molecule has 0 saturated carbocycles. The number of fused-ring (bicyclic) bond motifs is 2. The van der Waals surface area contributed by atoms with Crippen molar-refractivity contribution in [1.82, 2.24) is 9.80 Å². The van der Waals surface area contributed by atoms with Crippen molar-refractivity contribution in [2.24, 2.45) is 0 Å². The van der Waals surface area contributed by atoms with Crippen LogP contribution in [-0.4, -0.2) is 80.1 Å². The van der Waals surface area contributed by atoms with Gasteiger partial charge in [-0.2, -0.15) is 0 Å². The predicted octanol–water partition coefficient (Wildman–Crippen LogP) is 3.47. The number of non-ortho nitro benzene ring substituents is 1. The Morgan fingerprint density at radius 1 is 1.02 bits per heavy atom. The second-order valence-electron chi connectivity index (χ2n) is 10.5. The zero-order chi connectivity index (χ0) is 29.4. The second-order valence-corrected chi connectivity index (χ2v) is 10.5. The molecule has 3 aromatic rings. The van der Waals surface area contributed by atoms with E-state index in [1.165, 1.54) is 12.1 Å². The van der Waals surface area contributed by atoms with E-state index in [0.717, 1.165) is 31.9 Å². The van der Waals surface area contributed by atoms with Gasteiger partial charge in [0.25, 0.3) is 11.6 Å². The fourth-order valence-electron chi connectivity index (χ4n) is 5.21. The first-order chi connectivity index (χ1) is 20.3. The van der Waals surface area contributed by atoms with Crippen LogP contribution < -0.4 is 25.0 Å². The normalized spacial score (nSPS) is 17.4. The maximum atomic E-state index is 13.3. The summed E-state index contributed by atoms with van der Waals surface area (Å²) in [5.74, 6) is 0.766. The van der Waals surface area contributed by atoms with Gasteiger partial charge in [0, 0.05) is 67.9 Å². The number of ether oxygens (including phenoxy) is 2. The van der Waals surface area contributed by atoms with Crippen molar-refractivity contribution in [3.63, 3.8) is 0 Å². The van der Waals surface area contributed by atoms with E-state index in [1.54, 1.807) is 30.1 Å². The van der Waals surface area contributed by atoms with E-state index in [2.05, 4.69) is 27.5 Å². The summed E-state index contributed by atoms with van der Waals surface area (Å²) < 4.78 is 11.0. The SMILES string of the molecule is CN1CCN(CC(=O)N(C)c2ccc(NC(=C3C(=O)Nc4cc([N+](=O)[O-])ccc43)c3ccc4c(c3)OCO4)cc2)CC1. The molecular formula is C30H30N6O6. The molecule has 12 nitrogen and oxygen atoms in total. The van der Waals surface area contributed by atoms with E-state index in [-0.39, 0.29) is 18.4 Å². The molecule has 0 bridgehead atoms. The number of likely N-dealkylation sites (N-methyl/N-ethyl adjacent to an activating group) is 2. The number of anilines is 3. The zero-order valence-electron chi connectivity index (χ0n) is 23.3. The number of rotatable bonds is 7. The molecule has 0 unspecified atom stereocenters. The topological polar surface area (TPSA) is 130 Å². The molecule has 0 spiro atoms. The third kappa shape index (κ3) is 5.37. The number of hydrogen-bond acceptors (Lipinski definition) is 9. The summed E-state index contributed by atoms with van der Waals surface area (Å²) in [5.41, 5.74) is 3.70. The Labute approximate surface area is 242 Å². The maximum absolute atomic E-state index is 13.3. The second kappa shape index (κ2) is 11.1. The molecule has 0 aromatic heterocycles. The Balaban J connectivity index is 1.29. The molecule has 3 heterocycles. The molecule has 0 aliphatic carbocycles. The first-order valence-electron chi connectivity index (χ1n) is 13.6. The summed E-state index contributed by atoms with van der Waals surface area (Å²) >= 11 is 0. The molecule has 6 rings (SSSR count). The summed E-state index contributed by atoms with van der Waals surface area (Å²) in [7, 11) is 3.85. The van der Waals surface area contributed by atoms with Crippen LogP contribution in [0.4, 0.5) is 22.7 Å². The van der Waals surface area contributed by atoms with Crippen LogP contribution in [0.5, 0.6) is 11.5 Å². The molecule has 0 atom stereocenters. The van der Waals surface area contributed by atoms with E-state index in [0.29, 0.717) is 51.8 Å². The molecule has 1 saturated heterocycles. The van der Waals surface area contributed by atoms with Gasteiger partial charge in [-0.15, -0.1) is 0 Å². The molecule has 0 radical (unpaired) electrons. The third-order valence-corrected chi connectivity index (χ3v) is 7.72. The molecule has 3 aliphatic heterocycles. The van der Waals surface area contributed by atoms with E-state index in [4.69, 9.17) is 9.47 Å².